The van der Waals surface area contributed by atoms with Crippen molar-refractivity contribution < 1.29 is 9.84 Å². The van der Waals surface area contributed by atoms with Crippen molar-refractivity contribution in [3.05, 3.63) is 0 Å². The van der Waals surface area contributed by atoms with Gasteiger partial charge < -0.3 is 9.84 Å². The van der Waals surface area contributed by atoms with Crippen LogP contribution in [0.2, 0.25) is 0 Å². The number of nitrogens with zero attached hydrogens (tertiary/aromatic N) is 1. The molecule has 0 aromatic heterocycles. The van der Waals surface area contributed by atoms with Gasteiger partial charge in [-0.1, -0.05) is 13.8 Å². The van der Waals surface area contributed by atoms with E-state index < -0.39 is 0 Å². The van der Waals surface area contributed by atoms with Crippen LogP contribution in [0.15, 0.2) is 0 Å². The van der Waals surface area contributed by atoms with Crippen LogP contribution in [0, 0.1) is 34.5 Å². The first-order valence-corrected chi connectivity index (χ1v) is 11.6. The number of fused-ring (bicyclic) bond motifs is 6. The van der Waals surface area contributed by atoms with Gasteiger partial charge in [-0.05, 0) is 105 Å². The third-order valence-corrected chi connectivity index (χ3v) is 10.5. The first kappa shape index (κ1) is 16.8. The molecule has 3 nitrogen and oxygen atoms in total. The van der Waals surface area contributed by atoms with Crippen molar-refractivity contribution >= 4 is 0 Å². The number of hydrogen-bond donors (Lipinski definition) is 1. The standard InChI is InChI=1S/C23H37NO2/c1-22-8-7-16-15(6-5-14-11-19-20(26-19)13-23(14,16)2)17(22)12-18(21(22)25)24-9-3-4-10-24/h14-21,25H,3-13H2,1-2H3/t14-,15+,16-,17-,18-,19+,20-,21-,22-,23-/m0/s1. The summed E-state index contributed by atoms with van der Waals surface area (Å²) in [6, 6.07) is 0.444. The fraction of sp³-hybridized carbons (Fsp3) is 1.00. The summed E-state index contributed by atoms with van der Waals surface area (Å²) in [5.74, 6) is 3.39. The molecule has 1 N–H and O–H groups in total. The molecule has 6 fully saturated rings. The minimum atomic E-state index is -0.0976. The Hall–Kier alpha value is -0.120. The average molecular weight is 360 g/mol. The van der Waals surface area contributed by atoms with E-state index in [4.69, 9.17) is 4.74 Å². The Morgan fingerprint density at radius 2 is 1.73 bits per heavy atom. The summed E-state index contributed by atoms with van der Waals surface area (Å²) in [5.41, 5.74) is 0.684. The highest BCUT2D eigenvalue weighted by molar-refractivity contribution is 5.15. The quantitative estimate of drug-likeness (QED) is 0.723. The lowest BCUT2D eigenvalue weighted by Crippen LogP contribution is -2.54. The Bertz CT molecular complexity index is 589. The smallest absolute Gasteiger partial charge is 0.0847 e. The molecule has 2 aliphatic heterocycles. The molecule has 0 bridgehead atoms. The lowest BCUT2D eigenvalue weighted by molar-refractivity contribution is -0.119. The van der Waals surface area contributed by atoms with E-state index in [2.05, 4.69) is 18.7 Å². The molecule has 2 heterocycles. The van der Waals surface area contributed by atoms with Gasteiger partial charge in [0.25, 0.3) is 0 Å². The number of hydrogen-bond acceptors (Lipinski definition) is 3. The zero-order valence-electron chi connectivity index (χ0n) is 16.7. The molecule has 0 aromatic carbocycles. The van der Waals surface area contributed by atoms with Crippen LogP contribution < -0.4 is 0 Å². The molecular weight excluding hydrogens is 322 g/mol. The maximum atomic E-state index is 11.4. The second-order valence-electron chi connectivity index (χ2n) is 11.3. The molecule has 4 saturated carbocycles. The third kappa shape index (κ3) is 2.12. The van der Waals surface area contributed by atoms with Crippen LogP contribution in [0.3, 0.4) is 0 Å². The fourth-order valence-corrected chi connectivity index (χ4v) is 8.93. The average Bonchev–Trinajstić information content (AvgIpc) is 3.02. The molecule has 146 valence electrons. The molecule has 0 spiro atoms. The number of epoxide rings is 1. The van der Waals surface area contributed by atoms with E-state index in [0.29, 0.717) is 23.7 Å². The molecule has 0 amide bonds. The van der Waals surface area contributed by atoms with Crippen molar-refractivity contribution in [3.8, 4) is 0 Å². The SMILES string of the molecule is C[C@]12C[C@@H]3O[C@@H]3C[C@@H]1CC[C@@H]1[C@@H]2CC[C@]2(C)[C@@H](O)[C@@H](N3CCCC3)C[C@@H]12. The molecule has 0 unspecified atom stereocenters. The van der Waals surface area contributed by atoms with Crippen LogP contribution in [0.5, 0.6) is 0 Å². The van der Waals surface area contributed by atoms with Gasteiger partial charge in [-0.3, -0.25) is 4.90 Å². The Morgan fingerprint density at radius 1 is 0.923 bits per heavy atom. The Labute approximate surface area is 158 Å². The van der Waals surface area contributed by atoms with Crippen molar-refractivity contribution in [3.63, 3.8) is 0 Å². The zero-order valence-corrected chi connectivity index (χ0v) is 16.7. The van der Waals surface area contributed by atoms with Gasteiger partial charge in [-0.15, -0.1) is 0 Å². The second kappa shape index (κ2) is 5.48. The zero-order chi connectivity index (χ0) is 17.7. The van der Waals surface area contributed by atoms with E-state index in [1.165, 1.54) is 70.9 Å². The van der Waals surface area contributed by atoms with Crippen molar-refractivity contribution in [2.24, 2.45) is 34.5 Å². The Morgan fingerprint density at radius 3 is 2.54 bits per heavy atom. The van der Waals surface area contributed by atoms with Gasteiger partial charge in [0.05, 0.1) is 18.3 Å². The molecule has 3 heteroatoms. The Kier molecular flexibility index (Phi) is 3.54. The van der Waals surface area contributed by atoms with Crippen molar-refractivity contribution in [1.82, 2.24) is 4.90 Å². The van der Waals surface area contributed by atoms with Crippen molar-refractivity contribution in [2.75, 3.05) is 13.1 Å². The summed E-state index contributed by atoms with van der Waals surface area (Å²) in [7, 11) is 0. The number of ether oxygens (including phenoxy) is 1. The summed E-state index contributed by atoms with van der Waals surface area (Å²) in [5, 5.41) is 11.4. The van der Waals surface area contributed by atoms with E-state index >= 15 is 0 Å². The predicted octanol–water partition coefficient (Wildman–Crippen LogP) is 3.84. The summed E-state index contributed by atoms with van der Waals surface area (Å²) < 4.78 is 5.98. The number of aliphatic hydroxyl groups excluding tert-OH is 1. The van der Waals surface area contributed by atoms with Gasteiger partial charge in [0.2, 0.25) is 0 Å². The van der Waals surface area contributed by atoms with E-state index in [9.17, 15) is 5.11 Å². The normalized spacial score (nSPS) is 61.5. The monoisotopic (exact) mass is 359 g/mol. The lowest BCUT2D eigenvalue weighted by Gasteiger charge is -2.59. The topological polar surface area (TPSA) is 36.0 Å². The first-order valence-electron chi connectivity index (χ1n) is 11.6. The van der Waals surface area contributed by atoms with Crippen LogP contribution in [0.25, 0.3) is 0 Å². The van der Waals surface area contributed by atoms with Gasteiger partial charge in [-0.25, -0.2) is 0 Å². The van der Waals surface area contributed by atoms with Gasteiger partial charge in [-0.2, -0.15) is 0 Å². The minimum Gasteiger partial charge on any atom is -0.391 e. The van der Waals surface area contributed by atoms with E-state index in [0.717, 1.165) is 23.7 Å². The molecule has 0 radical (unpaired) electrons. The number of aliphatic hydroxyl groups is 1. The maximum Gasteiger partial charge on any atom is 0.0847 e. The van der Waals surface area contributed by atoms with Crippen LogP contribution in [-0.2, 0) is 4.74 Å². The fourth-order valence-electron chi connectivity index (χ4n) is 8.93. The van der Waals surface area contributed by atoms with Gasteiger partial charge in [0.1, 0.15) is 0 Å². The Balaban J connectivity index is 1.29. The molecule has 0 aromatic rings. The van der Waals surface area contributed by atoms with E-state index in [-0.39, 0.29) is 11.5 Å². The van der Waals surface area contributed by atoms with Crippen LogP contribution in [0.1, 0.15) is 71.6 Å². The highest BCUT2D eigenvalue weighted by atomic mass is 16.6. The summed E-state index contributed by atoms with van der Waals surface area (Å²) in [6.45, 7) is 7.51. The minimum absolute atomic E-state index is 0.0976. The van der Waals surface area contributed by atoms with E-state index in [1.807, 2.05) is 0 Å². The van der Waals surface area contributed by atoms with Gasteiger partial charge >= 0.3 is 0 Å². The molecule has 6 rings (SSSR count). The molecule has 26 heavy (non-hydrogen) atoms. The second-order valence-corrected chi connectivity index (χ2v) is 11.3. The largest absolute Gasteiger partial charge is 0.391 e. The van der Waals surface area contributed by atoms with Crippen molar-refractivity contribution in [1.29, 1.82) is 0 Å². The van der Waals surface area contributed by atoms with Crippen LogP contribution >= 0.6 is 0 Å². The highest BCUT2D eigenvalue weighted by Crippen LogP contribution is 2.68. The maximum absolute atomic E-state index is 11.4. The van der Waals surface area contributed by atoms with Crippen LogP contribution in [-0.4, -0.2) is 47.4 Å². The summed E-state index contributed by atoms with van der Waals surface area (Å²) >= 11 is 0. The summed E-state index contributed by atoms with van der Waals surface area (Å²) in [4.78, 5) is 2.64. The molecular formula is C23H37NO2. The number of rotatable bonds is 1. The third-order valence-electron chi connectivity index (χ3n) is 10.5. The summed E-state index contributed by atoms with van der Waals surface area (Å²) in [6.07, 6.45) is 13.1. The molecule has 4 aliphatic carbocycles. The molecule has 6 aliphatic rings. The number of likely N-dealkylation sites (tertiary alicyclic amines) is 1. The van der Waals surface area contributed by atoms with Crippen molar-refractivity contribution in [2.45, 2.75) is 96.0 Å². The van der Waals surface area contributed by atoms with E-state index in [1.54, 1.807) is 0 Å². The molecule has 10 atom stereocenters. The van der Waals surface area contributed by atoms with Gasteiger partial charge in [0.15, 0.2) is 0 Å². The molecule has 2 saturated heterocycles. The first-order chi connectivity index (χ1) is 12.5. The lowest BCUT2D eigenvalue weighted by atomic mass is 9.45. The highest BCUT2D eigenvalue weighted by Gasteiger charge is 2.65. The predicted molar refractivity (Wildman–Crippen MR) is 102 cm³/mol. The van der Waals surface area contributed by atoms with Crippen LogP contribution in [0.4, 0.5) is 0 Å². The van der Waals surface area contributed by atoms with Gasteiger partial charge in [0, 0.05) is 6.04 Å².